The number of aromatic nitrogens is 2. The number of carbonyl (C=O) groups is 1. The summed E-state index contributed by atoms with van der Waals surface area (Å²) in [6.45, 7) is 4.23. The van der Waals surface area contributed by atoms with Crippen molar-refractivity contribution >= 4 is 5.91 Å². The fourth-order valence-electron chi connectivity index (χ4n) is 2.65. The lowest BCUT2D eigenvalue weighted by Gasteiger charge is -2.34. The van der Waals surface area contributed by atoms with Crippen molar-refractivity contribution in [1.82, 2.24) is 15.0 Å². The Morgan fingerprint density at radius 1 is 1.24 bits per heavy atom. The summed E-state index contributed by atoms with van der Waals surface area (Å²) in [5.74, 6) is -7.66. The van der Waals surface area contributed by atoms with Crippen LogP contribution < -0.4 is 0 Å². The summed E-state index contributed by atoms with van der Waals surface area (Å²) >= 11 is 0. The van der Waals surface area contributed by atoms with Crippen LogP contribution in [0.2, 0.25) is 0 Å². The van der Waals surface area contributed by atoms with E-state index in [-0.39, 0.29) is 18.0 Å². The molecule has 1 aromatic carbocycles. The fraction of sp³-hybridized carbons (Fsp3) is 0.400. The van der Waals surface area contributed by atoms with Gasteiger partial charge >= 0.3 is 0 Å². The van der Waals surface area contributed by atoms with Crippen LogP contribution in [-0.2, 0) is 4.74 Å². The molecular weight excluding hydrogens is 343 g/mol. The predicted molar refractivity (Wildman–Crippen MR) is 77.2 cm³/mol. The zero-order valence-corrected chi connectivity index (χ0v) is 13.3. The Labute approximate surface area is 140 Å². The number of phenolic OH excluding ortho intramolecular Hbond substituents is 1. The largest absolute Gasteiger partial charge is 0.503 e. The number of benzene rings is 1. The summed E-state index contributed by atoms with van der Waals surface area (Å²) in [6.07, 6.45) is -0.362. The fourth-order valence-corrected chi connectivity index (χ4v) is 2.65. The maximum Gasteiger partial charge on any atom is 0.295 e. The molecule has 0 radical (unpaired) electrons. The topological polar surface area (TPSA) is 88.7 Å². The number of phenols is 1. The van der Waals surface area contributed by atoms with Crippen LogP contribution in [0.1, 0.15) is 24.5 Å². The van der Waals surface area contributed by atoms with Crippen molar-refractivity contribution in [2.24, 2.45) is 0 Å². The average Bonchev–Trinajstić information content (AvgIpc) is 3.04. The Balaban J connectivity index is 1.89. The lowest BCUT2D eigenvalue weighted by Crippen LogP contribution is -2.48. The molecular formula is C15H14F3N3O4. The van der Waals surface area contributed by atoms with Gasteiger partial charge in [-0.05, 0) is 19.9 Å². The van der Waals surface area contributed by atoms with Crippen LogP contribution in [0.25, 0.3) is 11.5 Å². The molecule has 3 rings (SSSR count). The van der Waals surface area contributed by atoms with Crippen LogP contribution in [0.4, 0.5) is 13.2 Å². The highest BCUT2D eigenvalue weighted by Crippen LogP contribution is 2.31. The van der Waals surface area contributed by atoms with E-state index in [0.29, 0.717) is 19.2 Å². The molecule has 0 unspecified atom stereocenters. The number of hydrogen-bond acceptors (Lipinski definition) is 6. The second-order valence-electron chi connectivity index (χ2n) is 5.77. The molecule has 2 heterocycles. The summed E-state index contributed by atoms with van der Waals surface area (Å²) in [4.78, 5) is 17.6. The van der Waals surface area contributed by atoms with Gasteiger partial charge in [-0.3, -0.25) is 4.79 Å². The van der Waals surface area contributed by atoms with Gasteiger partial charge in [-0.1, -0.05) is 5.16 Å². The van der Waals surface area contributed by atoms with Gasteiger partial charge in [0, 0.05) is 13.1 Å². The van der Waals surface area contributed by atoms with Crippen LogP contribution in [0.5, 0.6) is 5.75 Å². The second-order valence-corrected chi connectivity index (χ2v) is 5.77. The number of halogens is 3. The van der Waals surface area contributed by atoms with E-state index in [4.69, 9.17) is 9.26 Å². The maximum atomic E-state index is 13.9. The Bertz CT molecular complexity index is 817. The molecule has 1 aromatic heterocycles. The Hall–Kier alpha value is -2.62. The lowest BCUT2D eigenvalue weighted by molar-refractivity contribution is -0.0589. The van der Waals surface area contributed by atoms with Gasteiger partial charge in [-0.15, -0.1) is 0 Å². The van der Waals surface area contributed by atoms with Gasteiger partial charge in [-0.2, -0.15) is 9.37 Å². The molecule has 0 bridgehead atoms. The van der Waals surface area contributed by atoms with E-state index in [1.54, 1.807) is 13.8 Å². The molecule has 7 nitrogen and oxygen atoms in total. The van der Waals surface area contributed by atoms with Gasteiger partial charge in [0.25, 0.3) is 17.6 Å². The van der Waals surface area contributed by atoms with Crippen molar-refractivity contribution in [1.29, 1.82) is 0 Å². The molecule has 0 spiro atoms. The van der Waals surface area contributed by atoms with E-state index in [1.807, 2.05) is 0 Å². The first-order valence-corrected chi connectivity index (χ1v) is 7.43. The van der Waals surface area contributed by atoms with Crippen molar-refractivity contribution in [3.63, 3.8) is 0 Å². The molecule has 1 N–H and O–H groups in total. The minimum absolute atomic E-state index is 0.181. The monoisotopic (exact) mass is 357 g/mol. The molecule has 1 aliphatic heterocycles. The summed E-state index contributed by atoms with van der Waals surface area (Å²) in [5.41, 5.74) is -0.647. The maximum absolute atomic E-state index is 13.9. The lowest BCUT2D eigenvalue weighted by atomic mass is 10.2. The van der Waals surface area contributed by atoms with Crippen molar-refractivity contribution in [3.05, 3.63) is 29.3 Å². The number of rotatable bonds is 2. The van der Waals surface area contributed by atoms with Crippen molar-refractivity contribution < 1.29 is 32.3 Å². The highest BCUT2D eigenvalue weighted by Gasteiger charge is 2.30. The minimum atomic E-state index is -1.73. The van der Waals surface area contributed by atoms with Crippen LogP contribution >= 0.6 is 0 Å². The van der Waals surface area contributed by atoms with Gasteiger partial charge in [0.2, 0.25) is 5.82 Å². The van der Waals surface area contributed by atoms with Crippen molar-refractivity contribution in [3.8, 4) is 17.2 Å². The normalized spacial score (nSPS) is 20.8. The highest BCUT2D eigenvalue weighted by atomic mass is 19.2. The third-order valence-electron chi connectivity index (χ3n) is 3.69. The van der Waals surface area contributed by atoms with Gasteiger partial charge in [-0.25, -0.2) is 8.78 Å². The molecule has 25 heavy (non-hydrogen) atoms. The number of aromatic hydroxyl groups is 1. The van der Waals surface area contributed by atoms with E-state index < -0.39 is 40.6 Å². The van der Waals surface area contributed by atoms with E-state index in [0.717, 1.165) is 0 Å². The molecule has 1 amide bonds. The van der Waals surface area contributed by atoms with E-state index in [2.05, 4.69) is 10.1 Å². The minimum Gasteiger partial charge on any atom is -0.503 e. The number of hydrogen-bond donors (Lipinski definition) is 1. The van der Waals surface area contributed by atoms with E-state index in [9.17, 15) is 23.1 Å². The highest BCUT2D eigenvalue weighted by molar-refractivity contribution is 5.90. The zero-order chi connectivity index (χ0) is 18.3. The Kier molecular flexibility index (Phi) is 4.38. The number of morpholine rings is 1. The third kappa shape index (κ3) is 3.16. The molecule has 0 saturated carbocycles. The van der Waals surface area contributed by atoms with Crippen LogP contribution in [0.3, 0.4) is 0 Å². The van der Waals surface area contributed by atoms with Gasteiger partial charge < -0.3 is 19.3 Å². The van der Waals surface area contributed by atoms with Gasteiger partial charge in [0.1, 0.15) is 0 Å². The molecule has 2 aromatic rings. The number of carbonyl (C=O) groups excluding carboxylic acids is 1. The molecule has 1 saturated heterocycles. The molecule has 0 aliphatic carbocycles. The number of ether oxygens (including phenoxy) is 1. The van der Waals surface area contributed by atoms with Crippen LogP contribution in [0, 0.1) is 17.5 Å². The van der Waals surface area contributed by atoms with Crippen molar-refractivity contribution in [2.75, 3.05) is 13.1 Å². The summed E-state index contributed by atoms with van der Waals surface area (Å²) < 4.78 is 50.7. The molecule has 134 valence electrons. The molecule has 1 fully saturated rings. The first-order valence-electron chi connectivity index (χ1n) is 7.43. The Morgan fingerprint density at radius 3 is 2.52 bits per heavy atom. The van der Waals surface area contributed by atoms with Crippen molar-refractivity contribution in [2.45, 2.75) is 26.1 Å². The van der Waals surface area contributed by atoms with E-state index >= 15 is 0 Å². The quantitative estimate of drug-likeness (QED) is 0.828. The SMILES string of the molecule is C[C@H]1CN(C(=O)c2noc(-c3cc(F)c(F)c(O)c3F)n2)C[C@H](C)O1. The van der Waals surface area contributed by atoms with Crippen LogP contribution in [-0.4, -0.2) is 51.4 Å². The zero-order valence-electron chi connectivity index (χ0n) is 13.3. The standard InChI is InChI=1S/C15H14F3N3O4/c1-6-4-21(5-7(2)24-6)15(23)13-19-14(25-20-13)8-3-9(16)11(18)12(22)10(8)17/h3,6-7,22H,4-5H2,1-2H3/t6-,7-/m0/s1. The summed E-state index contributed by atoms with van der Waals surface area (Å²) in [6, 6.07) is 0.463. The smallest absolute Gasteiger partial charge is 0.295 e. The predicted octanol–water partition coefficient (Wildman–Crippen LogP) is 2.11. The molecule has 2 atom stereocenters. The summed E-state index contributed by atoms with van der Waals surface area (Å²) in [7, 11) is 0. The van der Waals surface area contributed by atoms with Gasteiger partial charge in [0.15, 0.2) is 17.4 Å². The van der Waals surface area contributed by atoms with Crippen LogP contribution in [0.15, 0.2) is 10.6 Å². The average molecular weight is 357 g/mol. The third-order valence-corrected chi connectivity index (χ3v) is 3.69. The van der Waals surface area contributed by atoms with Gasteiger partial charge in [0.05, 0.1) is 17.8 Å². The molecule has 10 heteroatoms. The first-order chi connectivity index (χ1) is 11.8. The molecule has 1 aliphatic rings. The Morgan fingerprint density at radius 2 is 1.88 bits per heavy atom. The van der Waals surface area contributed by atoms with E-state index in [1.165, 1.54) is 4.90 Å². The number of nitrogens with zero attached hydrogens (tertiary/aromatic N) is 3. The summed E-state index contributed by atoms with van der Waals surface area (Å²) in [5, 5.41) is 12.7. The first kappa shape index (κ1) is 17.2. The second kappa shape index (κ2) is 6.36. The number of amides is 1.